The Morgan fingerprint density at radius 3 is 2.53 bits per heavy atom. The van der Waals surface area contributed by atoms with E-state index in [4.69, 9.17) is 16.3 Å². The highest BCUT2D eigenvalue weighted by molar-refractivity contribution is 6.30. The molecule has 3 aliphatic rings. The summed E-state index contributed by atoms with van der Waals surface area (Å²) in [5.74, 6) is 0.460. The largest absolute Gasteiger partial charge is 0.391 e. The quantitative estimate of drug-likeness (QED) is 0.473. The molecule has 0 spiro atoms. The molecule has 0 radical (unpaired) electrons. The van der Waals surface area contributed by atoms with Gasteiger partial charge in [0, 0.05) is 36.6 Å². The van der Waals surface area contributed by atoms with Crippen molar-refractivity contribution in [3.8, 4) is 0 Å². The van der Waals surface area contributed by atoms with Crippen LogP contribution in [0.2, 0.25) is 5.02 Å². The topological polar surface area (TPSA) is 110 Å². The van der Waals surface area contributed by atoms with Gasteiger partial charge in [-0.05, 0) is 54.7 Å². The average Bonchev–Trinajstić information content (AvgIpc) is 3.79. The van der Waals surface area contributed by atoms with Crippen LogP contribution in [0.15, 0.2) is 30.5 Å². The van der Waals surface area contributed by atoms with E-state index in [0.717, 1.165) is 24.1 Å². The third-order valence-corrected chi connectivity index (χ3v) is 7.89. The minimum absolute atomic E-state index is 0.104. The van der Waals surface area contributed by atoms with Gasteiger partial charge in [-0.2, -0.15) is 0 Å². The van der Waals surface area contributed by atoms with Gasteiger partial charge in [0.2, 0.25) is 11.8 Å². The van der Waals surface area contributed by atoms with Crippen LogP contribution in [0.4, 0.5) is 0 Å². The van der Waals surface area contributed by atoms with Crippen molar-refractivity contribution in [1.29, 1.82) is 0 Å². The van der Waals surface area contributed by atoms with E-state index in [9.17, 15) is 14.7 Å². The maximum absolute atomic E-state index is 13.9. The number of benzene rings is 1. The van der Waals surface area contributed by atoms with Crippen molar-refractivity contribution in [2.24, 2.45) is 11.3 Å². The molecule has 0 bridgehead atoms. The lowest BCUT2D eigenvalue weighted by molar-refractivity contribution is -0.144. The van der Waals surface area contributed by atoms with Crippen LogP contribution in [0, 0.1) is 11.3 Å². The molecule has 2 aliphatic carbocycles. The lowest BCUT2D eigenvalue weighted by Gasteiger charge is -2.34. The predicted octanol–water partition coefficient (Wildman–Crippen LogP) is 3.64. The smallest absolute Gasteiger partial charge is 0.248 e. The number of carbonyl (C=O) groups is 2. The number of hydrogen-bond acceptors (Lipinski definition) is 6. The van der Waals surface area contributed by atoms with Crippen molar-refractivity contribution >= 4 is 23.4 Å². The van der Waals surface area contributed by atoms with Crippen LogP contribution in [0.1, 0.15) is 82.2 Å². The molecule has 206 valence electrons. The molecule has 2 heterocycles. The molecule has 1 saturated heterocycles. The Kier molecular flexibility index (Phi) is 7.80. The van der Waals surface area contributed by atoms with Crippen LogP contribution in [0.25, 0.3) is 0 Å². The molecule has 4 atom stereocenters. The van der Waals surface area contributed by atoms with Crippen LogP contribution >= 0.6 is 11.6 Å². The number of halogens is 1. The number of ether oxygens (including phenoxy) is 1. The maximum atomic E-state index is 13.9. The first-order valence-corrected chi connectivity index (χ1v) is 14.0. The van der Waals surface area contributed by atoms with Gasteiger partial charge < -0.3 is 20.1 Å². The summed E-state index contributed by atoms with van der Waals surface area (Å²) in [6.45, 7) is 6.94. The summed E-state index contributed by atoms with van der Waals surface area (Å²) < 4.78 is 7.80. The number of β-amino-alcohol motifs (C(OH)–C–C–N with tert-alkyl or cyclic N) is 1. The Labute approximate surface area is 228 Å². The Balaban J connectivity index is 1.29. The van der Waals surface area contributed by atoms with Crippen LogP contribution < -0.4 is 5.32 Å². The summed E-state index contributed by atoms with van der Waals surface area (Å²) in [5.41, 5.74) is 1.36. The number of nitrogens with one attached hydrogen (secondary N) is 1. The first kappa shape index (κ1) is 27.1. The summed E-state index contributed by atoms with van der Waals surface area (Å²) in [4.78, 5) is 28.9. The first-order valence-electron chi connectivity index (χ1n) is 13.6. The minimum atomic E-state index is -0.775. The predicted molar refractivity (Wildman–Crippen MR) is 142 cm³/mol. The van der Waals surface area contributed by atoms with Crippen molar-refractivity contribution in [1.82, 2.24) is 25.2 Å². The third kappa shape index (κ3) is 6.38. The van der Waals surface area contributed by atoms with Gasteiger partial charge in [-0.15, -0.1) is 5.10 Å². The van der Waals surface area contributed by atoms with Gasteiger partial charge in [0.05, 0.1) is 24.5 Å². The second kappa shape index (κ2) is 10.9. The van der Waals surface area contributed by atoms with Gasteiger partial charge in [0.25, 0.3) is 0 Å². The van der Waals surface area contributed by atoms with Crippen LogP contribution in [0.3, 0.4) is 0 Å². The SMILES string of the molecule is CC(C)(C)[C@@H](C(=O)N1CC(O)CC1C(=O)NCC(OCC1CC1)c1ccc(Cl)cc1)n1cc(C2CC2)nn1. The van der Waals surface area contributed by atoms with E-state index >= 15 is 0 Å². The van der Waals surface area contributed by atoms with Gasteiger partial charge in [-0.3, -0.25) is 9.59 Å². The fourth-order valence-corrected chi connectivity index (χ4v) is 5.25. The molecule has 1 aromatic heterocycles. The molecule has 2 amide bonds. The highest BCUT2D eigenvalue weighted by Gasteiger charge is 2.45. The second-order valence-electron chi connectivity index (χ2n) is 12.1. The van der Waals surface area contributed by atoms with E-state index in [0.29, 0.717) is 23.5 Å². The zero-order valence-electron chi connectivity index (χ0n) is 22.3. The fraction of sp³-hybridized carbons (Fsp3) is 0.643. The van der Waals surface area contributed by atoms with Crippen molar-refractivity contribution in [2.75, 3.05) is 19.7 Å². The van der Waals surface area contributed by atoms with Crippen molar-refractivity contribution in [2.45, 2.75) is 83.1 Å². The van der Waals surface area contributed by atoms with Gasteiger partial charge in [0.15, 0.2) is 0 Å². The van der Waals surface area contributed by atoms with Crippen LogP contribution in [-0.4, -0.2) is 68.7 Å². The van der Waals surface area contributed by atoms with Crippen molar-refractivity contribution in [3.05, 3.63) is 46.7 Å². The molecule has 1 aromatic carbocycles. The first-order chi connectivity index (χ1) is 18.1. The molecule has 3 unspecified atom stereocenters. The third-order valence-electron chi connectivity index (χ3n) is 7.64. The maximum Gasteiger partial charge on any atom is 0.248 e. The van der Waals surface area contributed by atoms with Crippen molar-refractivity contribution < 1.29 is 19.4 Å². The number of aliphatic hydroxyl groups excluding tert-OH is 1. The van der Waals surface area contributed by atoms with E-state index in [2.05, 4.69) is 15.6 Å². The molecule has 38 heavy (non-hydrogen) atoms. The molecular formula is C28H38ClN5O4. The molecule has 9 nitrogen and oxygen atoms in total. The fourth-order valence-electron chi connectivity index (χ4n) is 5.12. The molecule has 1 aliphatic heterocycles. The van der Waals surface area contributed by atoms with Crippen molar-refractivity contribution in [3.63, 3.8) is 0 Å². The average molecular weight is 544 g/mol. The normalized spacial score (nSPS) is 23.3. The Morgan fingerprint density at radius 2 is 1.89 bits per heavy atom. The Bertz CT molecular complexity index is 1140. The number of nitrogens with zero attached hydrogens (tertiary/aromatic N) is 4. The molecule has 5 rings (SSSR count). The number of aliphatic hydroxyl groups is 1. The highest BCUT2D eigenvalue weighted by Crippen LogP contribution is 2.40. The van der Waals surface area contributed by atoms with Gasteiger partial charge in [-0.1, -0.05) is 49.7 Å². The minimum Gasteiger partial charge on any atom is -0.391 e. The van der Waals surface area contributed by atoms with Crippen LogP contribution in [0.5, 0.6) is 0 Å². The standard InChI is InChI=1S/C28H38ClN5O4/c1-28(2,3)25(34-15-22(31-32-34)18-6-7-18)27(37)33-14-21(35)12-23(33)26(36)30-13-24(38-16-17-4-5-17)19-8-10-20(29)11-9-19/h8-11,15,17-18,21,23-25,35H,4-7,12-14,16H2,1-3H3,(H,30,36)/t21?,23?,24?,25-/m1/s1. The Hall–Kier alpha value is -2.49. The summed E-state index contributed by atoms with van der Waals surface area (Å²) in [6, 6.07) is 6.01. The molecule has 2 saturated carbocycles. The lowest BCUT2D eigenvalue weighted by Crippen LogP contribution is -2.50. The number of hydrogen-bond donors (Lipinski definition) is 2. The summed E-state index contributed by atoms with van der Waals surface area (Å²) in [6.07, 6.45) is 5.47. The summed E-state index contributed by atoms with van der Waals surface area (Å²) in [7, 11) is 0. The second-order valence-corrected chi connectivity index (χ2v) is 12.6. The Morgan fingerprint density at radius 1 is 1.18 bits per heavy atom. The van der Waals surface area contributed by atoms with E-state index in [1.165, 1.54) is 17.7 Å². The van der Waals surface area contributed by atoms with E-state index in [-0.39, 0.29) is 37.4 Å². The molecule has 2 aromatic rings. The summed E-state index contributed by atoms with van der Waals surface area (Å²) >= 11 is 6.07. The zero-order chi connectivity index (χ0) is 27.0. The van der Waals surface area contributed by atoms with Gasteiger partial charge in [-0.25, -0.2) is 4.68 Å². The van der Waals surface area contributed by atoms with E-state index < -0.39 is 23.6 Å². The molecule has 2 N–H and O–H groups in total. The van der Waals surface area contributed by atoms with Crippen LogP contribution in [-0.2, 0) is 14.3 Å². The monoisotopic (exact) mass is 543 g/mol. The summed E-state index contributed by atoms with van der Waals surface area (Å²) in [5, 5.41) is 22.7. The lowest BCUT2D eigenvalue weighted by atomic mass is 9.85. The number of rotatable bonds is 10. The zero-order valence-corrected chi connectivity index (χ0v) is 23.1. The molecule has 3 fully saturated rings. The number of aromatic nitrogens is 3. The van der Waals surface area contributed by atoms with E-state index in [1.54, 1.807) is 4.68 Å². The number of likely N-dealkylation sites (tertiary alicyclic amines) is 1. The molecular weight excluding hydrogens is 506 g/mol. The van der Waals surface area contributed by atoms with Gasteiger partial charge >= 0.3 is 0 Å². The highest BCUT2D eigenvalue weighted by atomic mass is 35.5. The van der Waals surface area contributed by atoms with Gasteiger partial charge in [0.1, 0.15) is 12.1 Å². The molecule has 10 heteroatoms. The van der Waals surface area contributed by atoms with E-state index in [1.807, 2.05) is 51.2 Å². The number of amides is 2. The number of carbonyl (C=O) groups excluding carboxylic acids is 2.